The predicted molar refractivity (Wildman–Crippen MR) is 133 cm³/mol. The second-order valence-electron chi connectivity index (χ2n) is 9.86. The van der Waals surface area contributed by atoms with Crippen molar-refractivity contribution >= 4 is 23.0 Å². The zero-order valence-electron chi connectivity index (χ0n) is 21.4. The fourth-order valence-electron chi connectivity index (χ4n) is 4.99. The number of carbonyl (C=O) groups excluding carboxylic acids is 1. The van der Waals surface area contributed by atoms with Crippen molar-refractivity contribution in [2.75, 3.05) is 48.2 Å². The average Bonchev–Trinajstić information content (AvgIpc) is 2.91. The highest BCUT2D eigenvalue weighted by molar-refractivity contribution is 5.77. The molecule has 0 unspecified atom stereocenters. The first-order chi connectivity index (χ1) is 18.8. The van der Waals surface area contributed by atoms with Crippen molar-refractivity contribution < 1.29 is 46.3 Å². The molecule has 1 amide bonds. The number of amides is 1. The van der Waals surface area contributed by atoms with Gasteiger partial charge in [0.1, 0.15) is 12.3 Å². The van der Waals surface area contributed by atoms with E-state index in [2.05, 4.69) is 5.32 Å². The lowest BCUT2D eigenvalue weighted by atomic mass is 9.92. The van der Waals surface area contributed by atoms with E-state index in [9.17, 15) is 31.1 Å². The highest BCUT2D eigenvalue weighted by Gasteiger charge is 2.36. The van der Waals surface area contributed by atoms with Crippen molar-refractivity contribution in [2.24, 2.45) is 0 Å². The van der Waals surface area contributed by atoms with Crippen LogP contribution in [0.1, 0.15) is 36.8 Å². The molecule has 1 aliphatic carbocycles. The number of hydrogen-bond acceptors (Lipinski definition) is 7. The maximum atomic E-state index is 13.3. The van der Waals surface area contributed by atoms with Crippen LogP contribution in [0.15, 0.2) is 42.5 Å². The predicted octanol–water partition coefficient (Wildman–Crippen LogP) is 5.40. The van der Waals surface area contributed by atoms with Crippen LogP contribution in [0.25, 0.3) is 0 Å². The molecule has 1 saturated heterocycles. The molecule has 1 aliphatic heterocycles. The number of nitrogens with zero attached hydrogens (tertiary/aromatic N) is 3. The maximum absolute atomic E-state index is 13.3. The lowest BCUT2D eigenvalue weighted by molar-refractivity contribution is -0.139. The molecule has 3 N–H and O–H groups in total. The summed E-state index contributed by atoms with van der Waals surface area (Å²) in [5.41, 5.74) is -1.80. The number of hydrogen-bond donors (Lipinski definition) is 3. The van der Waals surface area contributed by atoms with Crippen LogP contribution >= 0.6 is 0 Å². The molecule has 8 nitrogen and oxygen atoms in total. The Morgan fingerprint density at radius 1 is 0.900 bits per heavy atom. The summed E-state index contributed by atoms with van der Waals surface area (Å²) < 4.78 is 84.0. The van der Waals surface area contributed by atoms with E-state index in [0.29, 0.717) is 57.5 Å². The highest BCUT2D eigenvalue weighted by atomic mass is 19.4. The van der Waals surface area contributed by atoms with Gasteiger partial charge in [-0.1, -0.05) is 0 Å². The minimum absolute atomic E-state index is 0.0989. The van der Waals surface area contributed by atoms with E-state index in [1.54, 1.807) is 4.90 Å². The number of anilines is 3. The minimum atomic E-state index is -4.77. The lowest BCUT2D eigenvalue weighted by Gasteiger charge is -2.36. The molecule has 220 valence electrons. The summed E-state index contributed by atoms with van der Waals surface area (Å²) in [5, 5.41) is 20.6. The molecule has 40 heavy (non-hydrogen) atoms. The molecule has 0 bridgehead atoms. The molecule has 2 aromatic rings. The first-order valence-corrected chi connectivity index (χ1v) is 12.8. The number of alkyl halides is 6. The Labute approximate surface area is 226 Å². The van der Waals surface area contributed by atoms with Gasteiger partial charge >= 0.3 is 12.4 Å². The fourth-order valence-corrected chi connectivity index (χ4v) is 4.99. The van der Waals surface area contributed by atoms with Gasteiger partial charge in [-0.2, -0.15) is 26.3 Å². The second-order valence-corrected chi connectivity index (χ2v) is 9.86. The standard InChI is InChI=1S/C26H30F6N4O4/c27-25(28,29)17-1-6-20(7-2-17)34-11-13-35(14-12-34)24(37)16-40-21-8-3-18(4-9-21)33-19-5-10-23(36(38)39)22(15-19)26(30,31)32/h1-2,5-7,10,15,18,21,33,38-39H,3-4,8-9,11-14,16H2. The molecular weight excluding hydrogens is 546 g/mol. The first-order valence-electron chi connectivity index (χ1n) is 12.8. The number of carbonyl (C=O) groups is 1. The third kappa shape index (κ3) is 7.49. The van der Waals surface area contributed by atoms with E-state index in [1.165, 1.54) is 18.2 Å². The summed E-state index contributed by atoms with van der Waals surface area (Å²) in [6.45, 7) is 1.71. The monoisotopic (exact) mass is 576 g/mol. The smallest absolute Gasteiger partial charge is 0.382 e. The summed E-state index contributed by atoms with van der Waals surface area (Å²) in [7, 11) is 0. The summed E-state index contributed by atoms with van der Waals surface area (Å²) in [5.74, 6) is -0.172. The van der Waals surface area contributed by atoms with Gasteiger partial charge in [0, 0.05) is 43.6 Å². The van der Waals surface area contributed by atoms with Gasteiger partial charge in [0.15, 0.2) is 0 Å². The highest BCUT2D eigenvalue weighted by Crippen LogP contribution is 2.38. The number of nitrogens with one attached hydrogen (secondary N) is 1. The summed E-state index contributed by atoms with van der Waals surface area (Å²) in [6, 6.07) is 7.96. The van der Waals surface area contributed by atoms with Crippen LogP contribution in [0.2, 0.25) is 0 Å². The summed E-state index contributed by atoms with van der Waals surface area (Å²) >= 11 is 0. The molecule has 2 aromatic carbocycles. The van der Waals surface area contributed by atoms with Crippen molar-refractivity contribution in [3.63, 3.8) is 0 Å². The zero-order chi connectivity index (χ0) is 29.1. The van der Waals surface area contributed by atoms with Crippen LogP contribution in [0.3, 0.4) is 0 Å². The van der Waals surface area contributed by atoms with Gasteiger partial charge in [-0.05, 0) is 68.1 Å². The Hall–Kier alpha value is -3.23. The van der Waals surface area contributed by atoms with E-state index in [-0.39, 0.29) is 30.3 Å². The number of halogens is 6. The molecule has 0 spiro atoms. The van der Waals surface area contributed by atoms with Crippen molar-refractivity contribution in [3.8, 4) is 0 Å². The Morgan fingerprint density at radius 2 is 1.52 bits per heavy atom. The van der Waals surface area contributed by atoms with Crippen LogP contribution in [-0.4, -0.2) is 66.2 Å². The fraction of sp³-hybridized carbons (Fsp3) is 0.500. The van der Waals surface area contributed by atoms with Crippen LogP contribution in [0.5, 0.6) is 0 Å². The molecule has 0 atom stereocenters. The minimum Gasteiger partial charge on any atom is -0.382 e. The zero-order valence-corrected chi connectivity index (χ0v) is 21.4. The Morgan fingerprint density at radius 3 is 2.08 bits per heavy atom. The molecule has 14 heteroatoms. The normalized spacial score (nSPS) is 20.4. The quantitative estimate of drug-likeness (QED) is 0.301. The summed E-state index contributed by atoms with van der Waals surface area (Å²) in [6.07, 6.45) is -6.89. The Kier molecular flexibility index (Phi) is 9.00. The van der Waals surface area contributed by atoms with Gasteiger partial charge in [0.2, 0.25) is 5.91 Å². The van der Waals surface area contributed by atoms with E-state index < -0.39 is 34.4 Å². The number of piperazine rings is 1. The van der Waals surface area contributed by atoms with Gasteiger partial charge in [-0.25, -0.2) is 0 Å². The number of rotatable bonds is 7. The Bertz CT molecular complexity index is 1140. The SMILES string of the molecule is O=C(COC1CCC(Nc2ccc(N(O)O)c(C(F)(F)F)c2)CC1)N1CCN(c2ccc(C(F)(F)F)cc2)CC1. The first kappa shape index (κ1) is 29.7. The van der Waals surface area contributed by atoms with E-state index in [4.69, 9.17) is 15.2 Å². The molecule has 2 aliphatic rings. The number of ether oxygens (including phenoxy) is 1. The molecule has 1 saturated carbocycles. The summed E-state index contributed by atoms with van der Waals surface area (Å²) in [4.78, 5) is 16.2. The average molecular weight is 577 g/mol. The molecular formula is C26H30F6N4O4. The molecule has 0 radical (unpaired) electrons. The van der Waals surface area contributed by atoms with E-state index in [0.717, 1.165) is 24.3 Å². The van der Waals surface area contributed by atoms with Gasteiger partial charge < -0.3 is 19.9 Å². The lowest BCUT2D eigenvalue weighted by Crippen LogP contribution is -2.50. The molecule has 2 fully saturated rings. The number of benzene rings is 2. The Balaban J connectivity index is 1.19. The van der Waals surface area contributed by atoms with Gasteiger partial charge in [0.05, 0.1) is 17.2 Å². The van der Waals surface area contributed by atoms with E-state index >= 15 is 0 Å². The van der Waals surface area contributed by atoms with Gasteiger partial charge in [-0.15, -0.1) is 5.23 Å². The van der Waals surface area contributed by atoms with Crippen molar-refractivity contribution in [1.82, 2.24) is 4.90 Å². The maximum Gasteiger partial charge on any atom is 0.418 e. The van der Waals surface area contributed by atoms with Crippen LogP contribution < -0.4 is 15.4 Å². The molecule has 4 rings (SSSR count). The molecule has 1 heterocycles. The van der Waals surface area contributed by atoms with Crippen LogP contribution in [0.4, 0.5) is 43.4 Å². The van der Waals surface area contributed by atoms with Crippen LogP contribution in [-0.2, 0) is 21.9 Å². The largest absolute Gasteiger partial charge is 0.418 e. The second kappa shape index (κ2) is 12.1. The van der Waals surface area contributed by atoms with Crippen molar-refractivity contribution in [2.45, 2.75) is 50.2 Å². The van der Waals surface area contributed by atoms with Gasteiger partial charge in [-0.3, -0.25) is 15.2 Å². The van der Waals surface area contributed by atoms with E-state index in [1.807, 2.05) is 4.90 Å². The third-order valence-corrected chi connectivity index (χ3v) is 7.20. The van der Waals surface area contributed by atoms with Crippen LogP contribution in [0, 0.1) is 0 Å². The van der Waals surface area contributed by atoms with Gasteiger partial charge in [0.25, 0.3) is 0 Å². The third-order valence-electron chi connectivity index (χ3n) is 7.20. The molecule has 0 aromatic heterocycles. The van der Waals surface area contributed by atoms with Crippen molar-refractivity contribution in [3.05, 3.63) is 53.6 Å². The topological polar surface area (TPSA) is 88.5 Å². The van der Waals surface area contributed by atoms with Crippen molar-refractivity contribution in [1.29, 1.82) is 0 Å².